The molecule has 0 saturated heterocycles. The van der Waals surface area contributed by atoms with E-state index in [1.807, 2.05) is 0 Å². The Morgan fingerprint density at radius 1 is 1.40 bits per heavy atom. The third-order valence-electron chi connectivity index (χ3n) is 4.12. The van der Waals surface area contributed by atoms with E-state index in [0.717, 1.165) is 18.4 Å². The quantitative estimate of drug-likeness (QED) is 0.747. The van der Waals surface area contributed by atoms with E-state index < -0.39 is 6.43 Å². The number of alkyl halides is 2. The maximum Gasteiger partial charge on any atom is 0.266 e. The van der Waals surface area contributed by atoms with Crippen molar-refractivity contribution in [3.63, 3.8) is 0 Å². The molecule has 6 nitrogen and oxygen atoms in total. The lowest BCUT2D eigenvalue weighted by Crippen LogP contribution is -2.14. The van der Waals surface area contributed by atoms with Crippen LogP contribution in [0.2, 0.25) is 0 Å². The molecule has 2 heterocycles. The summed E-state index contributed by atoms with van der Waals surface area (Å²) in [6, 6.07) is 3.41. The molecule has 1 fully saturated rings. The summed E-state index contributed by atoms with van der Waals surface area (Å²) in [6.07, 6.45) is 2.25. The van der Waals surface area contributed by atoms with Crippen LogP contribution in [0, 0.1) is 5.92 Å². The average molecular weight is 347 g/mol. The van der Waals surface area contributed by atoms with Crippen molar-refractivity contribution in [3.05, 3.63) is 41.2 Å². The standard InChI is InChI=1S/C17H19F2N5O/c1-21-14-13(15(18)19)11(8-23-16(14)20)6-9-4-5-22-12(7-9)24-17(25)10-2-3-10/h4-5,7-8,10,15,21H,2-3,6H2,1H3,(H2,20,23)(H,22,24,25). The van der Waals surface area contributed by atoms with Crippen LogP contribution in [0.3, 0.4) is 0 Å². The first-order valence-corrected chi connectivity index (χ1v) is 7.98. The summed E-state index contributed by atoms with van der Waals surface area (Å²) in [7, 11) is 1.53. The van der Waals surface area contributed by atoms with Crippen LogP contribution in [0.1, 0.15) is 36.0 Å². The van der Waals surface area contributed by atoms with Gasteiger partial charge in [-0.15, -0.1) is 0 Å². The summed E-state index contributed by atoms with van der Waals surface area (Å²) in [5.41, 5.74) is 6.79. The van der Waals surface area contributed by atoms with Gasteiger partial charge >= 0.3 is 0 Å². The fourth-order valence-electron chi connectivity index (χ4n) is 2.68. The van der Waals surface area contributed by atoms with Gasteiger partial charge in [-0.2, -0.15) is 0 Å². The van der Waals surface area contributed by atoms with Crippen molar-refractivity contribution in [2.24, 2.45) is 5.92 Å². The van der Waals surface area contributed by atoms with Crippen molar-refractivity contribution in [1.29, 1.82) is 0 Å². The Bertz CT molecular complexity index is 793. The first-order chi connectivity index (χ1) is 12.0. The zero-order valence-corrected chi connectivity index (χ0v) is 13.7. The molecule has 132 valence electrons. The molecule has 1 aliphatic carbocycles. The van der Waals surface area contributed by atoms with Gasteiger partial charge in [0, 0.05) is 30.9 Å². The molecule has 0 aromatic carbocycles. The molecule has 0 radical (unpaired) electrons. The van der Waals surface area contributed by atoms with E-state index >= 15 is 0 Å². The zero-order chi connectivity index (χ0) is 18.0. The smallest absolute Gasteiger partial charge is 0.266 e. The fourth-order valence-corrected chi connectivity index (χ4v) is 2.68. The minimum absolute atomic E-state index is 0.0358. The normalized spacial score (nSPS) is 13.8. The summed E-state index contributed by atoms with van der Waals surface area (Å²) in [4.78, 5) is 19.9. The SMILES string of the molecule is CNc1c(N)ncc(Cc2ccnc(NC(=O)C3CC3)c2)c1C(F)F. The highest BCUT2D eigenvalue weighted by atomic mass is 19.3. The maximum absolute atomic E-state index is 13.5. The minimum Gasteiger partial charge on any atom is -0.385 e. The Balaban J connectivity index is 1.86. The van der Waals surface area contributed by atoms with Gasteiger partial charge in [0.25, 0.3) is 6.43 Å². The van der Waals surface area contributed by atoms with Crippen molar-refractivity contribution in [2.45, 2.75) is 25.7 Å². The van der Waals surface area contributed by atoms with Crippen molar-refractivity contribution >= 4 is 23.2 Å². The number of aromatic nitrogens is 2. The highest BCUT2D eigenvalue weighted by Crippen LogP contribution is 2.34. The molecule has 0 unspecified atom stereocenters. The number of anilines is 3. The molecule has 0 spiro atoms. The second-order valence-electron chi connectivity index (χ2n) is 6.00. The van der Waals surface area contributed by atoms with Gasteiger partial charge in [0.15, 0.2) is 0 Å². The number of halogens is 2. The van der Waals surface area contributed by atoms with Crippen LogP contribution in [0.15, 0.2) is 24.5 Å². The van der Waals surface area contributed by atoms with Crippen molar-refractivity contribution < 1.29 is 13.6 Å². The van der Waals surface area contributed by atoms with Gasteiger partial charge in [0.1, 0.15) is 11.6 Å². The van der Waals surface area contributed by atoms with Crippen LogP contribution in [-0.4, -0.2) is 22.9 Å². The van der Waals surface area contributed by atoms with Gasteiger partial charge in [-0.25, -0.2) is 18.7 Å². The van der Waals surface area contributed by atoms with Crippen LogP contribution in [0.4, 0.5) is 26.1 Å². The van der Waals surface area contributed by atoms with Gasteiger partial charge in [0.05, 0.1) is 5.69 Å². The number of hydrogen-bond acceptors (Lipinski definition) is 5. The zero-order valence-electron chi connectivity index (χ0n) is 13.7. The first-order valence-electron chi connectivity index (χ1n) is 7.98. The summed E-state index contributed by atoms with van der Waals surface area (Å²) in [5.74, 6) is 0.471. The number of nitrogen functional groups attached to an aromatic ring is 1. The molecular formula is C17H19F2N5O. The number of rotatable bonds is 6. The summed E-state index contributed by atoms with van der Waals surface area (Å²) < 4.78 is 27.0. The lowest BCUT2D eigenvalue weighted by atomic mass is 10.0. The van der Waals surface area contributed by atoms with Crippen molar-refractivity contribution in [1.82, 2.24) is 9.97 Å². The number of carbonyl (C=O) groups excluding carboxylic acids is 1. The lowest BCUT2D eigenvalue weighted by Gasteiger charge is -2.15. The van der Waals surface area contributed by atoms with Crippen LogP contribution in [-0.2, 0) is 11.2 Å². The largest absolute Gasteiger partial charge is 0.385 e. The van der Waals surface area contributed by atoms with Gasteiger partial charge in [0.2, 0.25) is 5.91 Å². The van der Waals surface area contributed by atoms with Crippen LogP contribution in [0.25, 0.3) is 0 Å². The molecule has 2 aromatic heterocycles. The Morgan fingerprint density at radius 3 is 2.80 bits per heavy atom. The van der Waals surface area contributed by atoms with E-state index in [2.05, 4.69) is 20.6 Å². The fraction of sp³-hybridized carbons (Fsp3) is 0.353. The van der Waals surface area contributed by atoms with Crippen LogP contribution in [0.5, 0.6) is 0 Å². The Kier molecular flexibility index (Phi) is 4.78. The van der Waals surface area contributed by atoms with E-state index in [0.29, 0.717) is 11.4 Å². The Morgan fingerprint density at radius 2 is 2.16 bits per heavy atom. The average Bonchev–Trinajstić information content (AvgIpc) is 3.41. The van der Waals surface area contributed by atoms with E-state index in [-0.39, 0.29) is 35.3 Å². The third kappa shape index (κ3) is 3.84. The molecule has 0 bridgehead atoms. The second kappa shape index (κ2) is 7.00. The van der Waals surface area contributed by atoms with Gasteiger partial charge in [-0.05, 0) is 42.5 Å². The highest BCUT2D eigenvalue weighted by Gasteiger charge is 2.29. The van der Waals surface area contributed by atoms with E-state index in [4.69, 9.17) is 5.73 Å². The number of carbonyl (C=O) groups is 1. The monoisotopic (exact) mass is 347 g/mol. The Hall–Kier alpha value is -2.77. The highest BCUT2D eigenvalue weighted by molar-refractivity contribution is 5.93. The minimum atomic E-state index is -2.68. The molecule has 1 saturated carbocycles. The van der Waals surface area contributed by atoms with E-state index in [1.165, 1.54) is 13.2 Å². The number of hydrogen-bond donors (Lipinski definition) is 3. The van der Waals surface area contributed by atoms with Gasteiger partial charge < -0.3 is 16.4 Å². The second-order valence-corrected chi connectivity index (χ2v) is 6.00. The topological polar surface area (TPSA) is 92.9 Å². The molecule has 3 rings (SSSR count). The van der Waals surface area contributed by atoms with Gasteiger partial charge in [-0.3, -0.25) is 4.79 Å². The number of nitrogens with one attached hydrogen (secondary N) is 2. The molecule has 1 amide bonds. The molecule has 0 aliphatic heterocycles. The maximum atomic E-state index is 13.5. The molecule has 8 heteroatoms. The predicted molar refractivity (Wildman–Crippen MR) is 91.5 cm³/mol. The molecular weight excluding hydrogens is 328 g/mol. The van der Waals surface area contributed by atoms with E-state index in [9.17, 15) is 13.6 Å². The third-order valence-corrected chi connectivity index (χ3v) is 4.12. The van der Waals surface area contributed by atoms with Crippen molar-refractivity contribution in [3.8, 4) is 0 Å². The molecule has 25 heavy (non-hydrogen) atoms. The number of pyridine rings is 2. The molecule has 1 aliphatic rings. The Labute approximate surface area is 143 Å². The number of nitrogens with two attached hydrogens (primary N) is 1. The summed E-state index contributed by atoms with van der Waals surface area (Å²) >= 11 is 0. The molecule has 4 N–H and O–H groups in total. The summed E-state index contributed by atoms with van der Waals surface area (Å²) in [6.45, 7) is 0. The first kappa shape index (κ1) is 17.1. The van der Waals surface area contributed by atoms with Gasteiger partial charge in [-0.1, -0.05) is 0 Å². The molecule has 2 aromatic rings. The summed E-state index contributed by atoms with van der Waals surface area (Å²) in [5, 5.41) is 5.44. The number of amides is 1. The van der Waals surface area contributed by atoms with Crippen LogP contribution < -0.4 is 16.4 Å². The molecule has 0 atom stereocenters. The predicted octanol–water partition coefficient (Wildman–Crippen LogP) is 2.98. The van der Waals surface area contributed by atoms with Crippen molar-refractivity contribution in [2.75, 3.05) is 23.4 Å². The number of nitrogens with zero attached hydrogens (tertiary/aromatic N) is 2. The van der Waals surface area contributed by atoms with Crippen LogP contribution >= 0.6 is 0 Å². The van der Waals surface area contributed by atoms with E-state index in [1.54, 1.807) is 18.3 Å². The lowest BCUT2D eigenvalue weighted by molar-refractivity contribution is -0.117.